The summed E-state index contributed by atoms with van der Waals surface area (Å²) in [5.74, 6) is 0.629. The van der Waals surface area contributed by atoms with Crippen molar-refractivity contribution in [2.24, 2.45) is 4.99 Å². The van der Waals surface area contributed by atoms with E-state index >= 15 is 0 Å². The van der Waals surface area contributed by atoms with Crippen LogP contribution in [0.3, 0.4) is 0 Å². The summed E-state index contributed by atoms with van der Waals surface area (Å²) in [7, 11) is 0. The highest BCUT2D eigenvalue weighted by Crippen LogP contribution is 2.20. The van der Waals surface area contributed by atoms with Gasteiger partial charge in [0.05, 0.1) is 6.04 Å². The second-order valence-electron chi connectivity index (χ2n) is 6.24. The topological polar surface area (TPSA) is 50.7 Å². The van der Waals surface area contributed by atoms with Gasteiger partial charge in [-0.25, -0.2) is 4.99 Å². The number of nitrogens with zero attached hydrogens (tertiary/aromatic N) is 1. The molecule has 5 heteroatoms. The van der Waals surface area contributed by atoms with E-state index in [1.807, 2.05) is 31.2 Å². The summed E-state index contributed by atoms with van der Waals surface area (Å²) in [6, 6.07) is 15.0. The Morgan fingerprint density at radius 1 is 1.16 bits per heavy atom. The summed E-state index contributed by atoms with van der Waals surface area (Å²) in [5.41, 5.74) is 2.57. The number of carbonyl (C=O) groups excluding carboxylic acids is 1. The van der Waals surface area contributed by atoms with Crippen molar-refractivity contribution in [3.63, 3.8) is 0 Å². The number of aliphatic imine (C=N–C) groups is 1. The molecule has 2 aromatic carbocycles. The molecule has 0 unspecified atom stereocenters. The Labute approximate surface area is 152 Å². The van der Waals surface area contributed by atoms with Crippen molar-refractivity contribution in [3.05, 3.63) is 64.7 Å². The molecule has 1 N–H and O–H groups in total. The minimum absolute atomic E-state index is 0.147. The van der Waals surface area contributed by atoms with Crippen molar-refractivity contribution in [2.45, 2.75) is 38.8 Å². The maximum Gasteiger partial charge on any atom is 0.255 e. The highest BCUT2D eigenvalue weighted by Gasteiger charge is 2.24. The van der Waals surface area contributed by atoms with E-state index in [2.05, 4.69) is 17.2 Å². The van der Waals surface area contributed by atoms with E-state index in [1.54, 1.807) is 24.3 Å². The maximum absolute atomic E-state index is 12.2. The lowest BCUT2D eigenvalue weighted by Gasteiger charge is -2.12. The van der Waals surface area contributed by atoms with Crippen molar-refractivity contribution in [2.75, 3.05) is 5.32 Å². The Bertz CT molecular complexity index is 769. The second kappa shape index (κ2) is 7.70. The first-order chi connectivity index (χ1) is 12.0. The Balaban J connectivity index is 1.55. The molecule has 25 heavy (non-hydrogen) atoms. The van der Waals surface area contributed by atoms with Crippen LogP contribution in [-0.2, 0) is 11.2 Å². The highest BCUT2D eigenvalue weighted by molar-refractivity contribution is 6.30. The van der Waals surface area contributed by atoms with E-state index in [9.17, 15) is 4.79 Å². The number of rotatable bonds is 5. The van der Waals surface area contributed by atoms with Gasteiger partial charge in [0.2, 0.25) is 0 Å². The van der Waals surface area contributed by atoms with Crippen LogP contribution in [0.15, 0.2) is 53.5 Å². The summed E-state index contributed by atoms with van der Waals surface area (Å²) in [4.78, 5) is 16.7. The van der Waals surface area contributed by atoms with Crippen LogP contribution in [0.1, 0.15) is 36.2 Å². The molecular formula is C20H21ClN2O2. The molecule has 4 nitrogen and oxygen atoms in total. The van der Waals surface area contributed by atoms with Crippen LogP contribution in [0.2, 0.25) is 5.02 Å². The third-order valence-electron chi connectivity index (χ3n) is 4.29. The largest absolute Gasteiger partial charge is 0.476 e. The fourth-order valence-electron chi connectivity index (χ4n) is 2.89. The van der Waals surface area contributed by atoms with Gasteiger partial charge >= 0.3 is 0 Å². The number of amides is 1. The first-order valence-corrected chi connectivity index (χ1v) is 8.76. The average molecular weight is 357 g/mol. The zero-order valence-electron chi connectivity index (χ0n) is 14.3. The summed E-state index contributed by atoms with van der Waals surface area (Å²) < 4.78 is 5.57. The number of ether oxygens (including phenoxy) is 1. The lowest BCUT2D eigenvalue weighted by Crippen LogP contribution is -2.18. The maximum atomic E-state index is 12.2. The van der Waals surface area contributed by atoms with Crippen LogP contribution in [0.25, 0.3) is 0 Å². The smallest absolute Gasteiger partial charge is 0.255 e. The fourth-order valence-corrected chi connectivity index (χ4v) is 3.02. The van der Waals surface area contributed by atoms with Crippen molar-refractivity contribution in [1.82, 2.24) is 0 Å². The van der Waals surface area contributed by atoms with Gasteiger partial charge in [0, 0.05) is 23.2 Å². The fraction of sp³-hybridized carbons (Fsp3) is 0.300. The molecule has 0 bridgehead atoms. The number of carbonyl (C=O) groups is 1. The van der Waals surface area contributed by atoms with Crippen LogP contribution < -0.4 is 5.32 Å². The van der Waals surface area contributed by atoms with Crippen molar-refractivity contribution in [1.29, 1.82) is 0 Å². The normalized spacial score (nSPS) is 19.2. The van der Waals surface area contributed by atoms with E-state index in [0.717, 1.165) is 24.4 Å². The minimum Gasteiger partial charge on any atom is -0.476 e. The van der Waals surface area contributed by atoms with Gasteiger partial charge < -0.3 is 10.1 Å². The Hall–Kier alpha value is -2.33. The van der Waals surface area contributed by atoms with Gasteiger partial charge in [0.25, 0.3) is 5.91 Å². The predicted octanol–water partition coefficient (Wildman–Crippen LogP) is 4.73. The van der Waals surface area contributed by atoms with Gasteiger partial charge in [-0.3, -0.25) is 4.79 Å². The molecule has 1 amide bonds. The summed E-state index contributed by atoms with van der Waals surface area (Å²) in [6.45, 7) is 3.95. The summed E-state index contributed by atoms with van der Waals surface area (Å²) in [5, 5.41) is 3.50. The molecule has 2 atom stereocenters. The van der Waals surface area contributed by atoms with Crippen molar-refractivity contribution >= 4 is 29.1 Å². The standard InChI is InChI=1S/C20H21ClN2O2/c1-13-19(22-14(2)25-13)12-5-15-3-10-18(11-4-15)23-20(24)16-6-8-17(21)9-7-16/h3-4,6-11,13,19H,5,12H2,1-2H3,(H,23,24)/t13-,19-/m0/s1. The van der Waals surface area contributed by atoms with Gasteiger partial charge in [0.1, 0.15) is 6.10 Å². The number of aryl methyl sites for hydroxylation is 1. The van der Waals surface area contributed by atoms with Crippen molar-refractivity contribution < 1.29 is 9.53 Å². The van der Waals surface area contributed by atoms with Crippen LogP contribution >= 0.6 is 11.6 Å². The number of benzene rings is 2. The van der Waals surface area contributed by atoms with Crippen LogP contribution in [0.5, 0.6) is 0 Å². The minimum atomic E-state index is -0.147. The average Bonchev–Trinajstić information content (AvgIpc) is 2.92. The summed E-state index contributed by atoms with van der Waals surface area (Å²) >= 11 is 5.84. The third-order valence-corrected chi connectivity index (χ3v) is 4.54. The Morgan fingerprint density at radius 3 is 2.44 bits per heavy atom. The highest BCUT2D eigenvalue weighted by atomic mass is 35.5. The number of anilines is 1. The SMILES string of the molecule is CC1=N[C@@H](CCc2ccc(NC(=O)c3ccc(Cl)cc3)cc2)[C@H](C)O1. The van der Waals surface area contributed by atoms with Crippen LogP contribution in [0, 0.1) is 0 Å². The first-order valence-electron chi connectivity index (χ1n) is 8.38. The van der Waals surface area contributed by atoms with Gasteiger partial charge in [-0.15, -0.1) is 0 Å². The summed E-state index contributed by atoms with van der Waals surface area (Å²) in [6.07, 6.45) is 2.04. The van der Waals surface area contributed by atoms with Crippen LogP contribution in [-0.4, -0.2) is 24.0 Å². The molecular weight excluding hydrogens is 336 g/mol. The predicted molar refractivity (Wildman–Crippen MR) is 102 cm³/mol. The first kappa shape index (κ1) is 17.5. The van der Waals surface area contributed by atoms with Gasteiger partial charge in [-0.1, -0.05) is 23.7 Å². The van der Waals surface area contributed by atoms with E-state index < -0.39 is 0 Å². The number of hydrogen-bond acceptors (Lipinski definition) is 3. The van der Waals surface area contributed by atoms with Crippen molar-refractivity contribution in [3.8, 4) is 0 Å². The quantitative estimate of drug-likeness (QED) is 0.841. The molecule has 0 saturated carbocycles. The molecule has 0 aliphatic carbocycles. The molecule has 0 saturated heterocycles. The number of nitrogens with one attached hydrogen (secondary N) is 1. The Kier molecular flexibility index (Phi) is 5.39. The van der Waals surface area contributed by atoms with Gasteiger partial charge in [-0.2, -0.15) is 0 Å². The van der Waals surface area contributed by atoms with E-state index in [0.29, 0.717) is 10.6 Å². The molecule has 0 aromatic heterocycles. The van der Waals surface area contributed by atoms with Gasteiger partial charge in [-0.05, 0) is 61.7 Å². The lowest BCUT2D eigenvalue weighted by molar-refractivity contribution is 0.102. The van der Waals surface area contributed by atoms with E-state index in [1.165, 1.54) is 5.56 Å². The van der Waals surface area contributed by atoms with E-state index in [-0.39, 0.29) is 18.1 Å². The molecule has 2 aromatic rings. The zero-order chi connectivity index (χ0) is 17.8. The lowest BCUT2D eigenvalue weighted by atomic mass is 10.0. The second-order valence-corrected chi connectivity index (χ2v) is 6.67. The molecule has 1 aliphatic heterocycles. The molecule has 1 heterocycles. The molecule has 0 fully saturated rings. The third kappa shape index (κ3) is 4.60. The van der Waals surface area contributed by atoms with Gasteiger partial charge in [0.15, 0.2) is 5.90 Å². The molecule has 3 rings (SSSR count). The number of halogens is 1. The molecule has 0 radical (unpaired) electrons. The number of hydrogen-bond donors (Lipinski definition) is 1. The van der Waals surface area contributed by atoms with E-state index in [4.69, 9.17) is 16.3 Å². The molecule has 1 aliphatic rings. The monoisotopic (exact) mass is 356 g/mol. The molecule has 130 valence electrons. The van der Waals surface area contributed by atoms with Crippen LogP contribution in [0.4, 0.5) is 5.69 Å². The zero-order valence-corrected chi connectivity index (χ0v) is 15.1. The molecule has 0 spiro atoms. The Morgan fingerprint density at radius 2 is 1.84 bits per heavy atom.